The van der Waals surface area contributed by atoms with Crippen molar-refractivity contribution in [2.75, 3.05) is 6.61 Å². The van der Waals surface area contributed by atoms with Crippen LogP contribution in [-0.4, -0.2) is 48.0 Å². The van der Waals surface area contributed by atoms with E-state index in [9.17, 15) is 19.2 Å². The van der Waals surface area contributed by atoms with Crippen LogP contribution in [0.5, 0.6) is 0 Å². The highest BCUT2D eigenvalue weighted by atomic mass is 16.7. The fraction of sp³-hybridized carbons (Fsp3) is 0.565. The monoisotopic (exact) mass is 448 g/mol. The quantitative estimate of drug-likeness (QED) is 0.356. The van der Waals surface area contributed by atoms with Crippen molar-refractivity contribution in [2.24, 2.45) is 5.92 Å². The second-order valence-corrected chi connectivity index (χ2v) is 8.70. The van der Waals surface area contributed by atoms with Gasteiger partial charge < -0.3 is 23.7 Å². The summed E-state index contributed by atoms with van der Waals surface area (Å²) in [6, 6.07) is 0. The van der Waals surface area contributed by atoms with Gasteiger partial charge in [-0.15, -0.1) is 0 Å². The lowest BCUT2D eigenvalue weighted by Gasteiger charge is -2.36. The Morgan fingerprint density at radius 2 is 1.88 bits per heavy atom. The van der Waals surface area contributed by atoms with Gasteiger partial charge in [0.2, 0.25) is 5.79 Å². The van der Waals surface area contributed by atoms with Gasteiger partial charge in [0.25, 0.3) is 0 Å². The maximum atomic E-state index is 12.6. The average molecular weight is 448 g/mol. The zero-order chi connectivity index (χ0) is 23.8. The minimum Gasteiger partial charge on any atom is -0.461 e. The molecule has 3 heterocycles. The summed E-state index contributed by atoms with van der Waals surface area (Å²) in [5.74, 6) is -3.88. The number of rotatable bonds is 5. The van der Waals surface area contributed by atoms with E-state index in [4.69, 9.17) is 23.7 Å². The Kier molecular flexibility index (Phi) is 6.33. The molecule has 0 aromatic rings. The number of hydrogen-bond donors (Lipinski definition) is 0. The van der Waals surface area contributed by atoms with E-state index in [1.807, 2.05) is 6.92 Å². The number of hydrogen-bond acceptors (Lipinski definition) is 9. The SMILES string of the molecule is C=C(C)C(=O)O[C@@H]1C[C@H](C)[C@@]2(OC(C)=O)CC[C@@](C)(/C=C3/OC(=O)C(COC(C)=O)=C31)O2. The molecule has 0 spiro atoms. The first-order valence-electron chi connectivity index (χ1n) is 10.4. The molecule has 0 unspecified atom stereocenters. The van der Waals surface area contributed by atoms with Crippen LogP contribution in [0, 0.1) is 5.92 Å². The van der Waals surface area contributed by atoms with Crippen LogP contribution in [0.15, 0.2) is 35.1 Å². The largest absolute Gasteiger partial charge is 0.461 e. The van der Waals surface area contributed by atoms with Gasteiger partial charge in [0, 0.05) is 37.3 Å². The topological polar surface area (TPSA) is 114 Å². The third kappa shape index (κ3) is 4.62. The van der Waals surface area contributed by atoms with Crippen molar-refractivity contribution in [1.82, 2.24) is 0 Å². The summed E-state index contributed by atoms with van der Waals surface area (Å²) in [6.45, 7) is 10.9. The highest BCUT2D eigenvalue weighted by Gasteiger charge is 2.55. The summed E-state index contributed by atoms with van der Waals surface area (Å²) >= 11 is 0. The van der Waals surface area contributed by atoms with E-state index in [-0.39, 0.29) is 29.9 Å². The molecule has 0 amide bonds. The van der Waals surface area contributed by atoms with Crippen molar-refractivity contribution in [1.29, 1.82) is 0 Å². The molecule has 0 aromatic heterocycles. The predicted molar refractivity (Wildman–Crippen MR) is 110 cm³/mol. The first kappa shape index (κ1) is 23.7. The van der Waals surface area contributed by atoms with E-state index in [0.717, 1.165) is 0 Å². The van der Waals surface area contributed by atoms with Gasteiger partial charge in [0.1, 0.15) is 18.5 Å². The lowest BCUT2D eigenvalue weighted by Crippen LogP contribution is -2.44. The molecule has 0 aromatic carbocycles. The molecule has 3 aliphatic rings. The van der Waals surface area contributed by atoms with Crippen LogP contribution in [0.2, 0.25) is 0 Å². The minimum absolute atomic E-state index is 0.0843. The summed E-state index contributed by atoms with van der Waals surface area (Å²) in [4.78, 5) is 48.3. The molecule has 3 aliphatic heterocycles. The fourth-order valence-corrected chi connectivity index (χ4v) is 4.26. The fourth-order valence-electron chi connectivity index (χ4n) is 4.26. The van der Waals surface area contributed by atoms with Crippen molar-refractivity contribution in [2.45, 2.75) is 71.4 Å². The highest BCUT2D eigenvalue weighted by molar-refractivity contribution is 5.96. The van der Waals surface area contributed by atoms with Crippen molar-refractivity contribution >= 4 is 23.9 Å². The summed E-state index contributed by atoms with van der Waals surface area (Å²) < 4.78 is 28.2. The van der Waals surface area contributed by atoms with E-state index >= 15 is 0 Å². The van der Waals surface area contributed by atoms with Gasteiger partial charge in [-0.25, -0.2) is 9.59 Å². The van der Waals surface area contributed by atoms with Crippen molar-refractivity contribution in [3.63, 3.8) is 0 Å². The predicted octanol–water partition coefficient (Wildman–Crippen LogP) is 2.64. The molecule has 32 heavy (non-hydrogen) atoms. The summed E-state index contributed by atoms with van der Waals surface area (Å²) in [6.07, 6.45) is 1.77. The Morgan fingerprint density at radius 1 is 1.19 bits per heavy atom. The lowest BCUT2D eigenvalue weighted by atomic mass is 9.85. The van der Waals surface area contributed by atoms with Gasteiger partial charge in [-0.3, -0.25) is 9.59 Å². The number of ether oxygens (including phenoxy) is 5. The highest BCUT2D eigenvalue weighted by Crippen LogP contribution is 2.49. The maximum absolute atomic E-state index is 12.6. The number of carbonyl (C=O) groups excluding carboxylic acids is 4. The van der Waals surface area contributed by atoms with Crippen molar-refractivity contribution in [3.05, 3.63) is 35.1 Å². The van der Waals surface area contributed by atoms with E-state index in [1.54, 1.807) is 13.0 Å². The molecule has 9 heteroatoms. The van der Waals surface area contributed by atoms with Crippen LogP contribution >= 0.6 is 0 Å². The molecular weight excluding hydrogens is 420 g/mol. The number of esters is 4. The minimum atomic E-state index is -1.23. The molecule has 1 saturated heterocycles. The number of carbonyl (C=O) groups is 4. The van der Waals surface area contributed by atoms with Crippen LogP contribution in [0.3, 0.4) is 0 Å². The normalized spacial score (nSPS) is 33.0. The van der Waals surface area contributed by atoms with Crippen LogP contribution < -0.4 is 0 Å². The first-order chi connectivity index (χ1) is 14.9. The van der Waals surface area contributed by atoms with Crippen LogP contribution in [-0.2, 0) is 42.9 Å². The Balaban J connectivity index is 2.14. The van der Waals surface area contributed by atoms with Crippen LogP contribution in [0.4, 0.5) is 0 Å². The zero-order valence-electron chi connectivity index (χ0n) is 18.9. The van der Waals surface area contributed by atoms with Crippen molar-refractivity contribution in [3.8, 4) is 0 Å². The molecular formula is C23H28O9. The van der Waals surface area contributed by atoms with E-state index in [2.05, 4.69) is 6.58 Å². The van der Waals surface area contributed by atoms with E-state index in [0.29, 0.717) is 18.4 Å². The standard InChI is InChI=1S/C23H28O9/c1-12(2)20(26)29-17-9-13(3)23(31-15(5)25)8-7-22(6,32-23)10-18-19(17)16(21(27)30-18)11-28-14(4)24/h10,13,17H,1,7-9,11H2,2-6H3/b18-10+/t13-,17+,22-,23+/m0/s1. The Labute approximate surface area is 186 Å². The molecule has 2 bridgehead atoms. The van der Waals surface area contributed by atoms with Gasteiger partial charge in [-0.05, 0) is 32.8 Å². The average Bonchev–Trinajstić information content (AvgIpc) is 3.15. The smallest absolute Gasteiger partial charge is 0.343 e. The van der Waals surface area contributed by atoms with Crippen molar-refractivity contribution < 1.29 is 42.9 Å². The molecule has 9 nitrogen and oxygen atoms in total. The summed E-state index contributed by atoms with van der Waals surface area (Å²) in [5.41, 5.74) is -0.335. The van der Waals surface area contributed by atoms with Gasteiger partial charge in [0.15, 0.2) is 0 Å². The third-order valence-electron chi connectivity index (χ3n) is 5.83. The Bertz CT molecular complexity index is 943. The molecule has 174 valence electrons. The van der Waals surface area contributed by atoms with Gasteiger partial charge in [-0.2, -0.15) is 0 Å². The van der Waals surface area contributed by atoms with Crippen LogP contribution in [0.25, 0.3) is 0 Å². The van der Waals surface area contributed by atoms with E-state index < -0.39 is 47.3 Å². The molecule has 1 fully saturated rings. The third-order valence-corrected chi connectivity index (χ3v) is 5.83. The van der Waals surface area contributed by atoms with Gasteiger partial charge in [0.05, 0.1) is 11.2 Å². The second kappa shape index (κ2) is 8.54. The summed E-state index contributed by atoms with van der Waals surface area (Å²) in [7, 11) is 0. The number of fused-ring (bicyclic) bond motifs is 3. The van der Waals surface area contributed by atoms with Gasteiger partial charge in [-0.1, -0.05) is 13.5 Å². The zero-order valence-corrected chi connectivity index (χ0v) is 18.9. The Morgan fingerprint density at radius 3 is 2.47 bits per heavy atom. The molecule has 3 rings (SSSR count). The maximum Gasteiger partial charge on any atom is 0.343 e. The second-order valence-electron chi connectivity index (χ2n) is 8.70. The molecule has 0 saturated carbocycles. The van der Waals surface area contributed by atoms with Crippen LogP contribution in [0.1, 0.15) is 53.9 Å². The lowest BCUT2D eigenvalue weighted by molar-refractivity contribution is -0.256. The first-order valence-corrected chi connectivity index (χ1v) is 10.4. The molecule has 0 N–H and O–H groups in total. The molecule has 4 atom stereocenters. The van der Waals surface area contributed by atoms with Gasteiger partial charge >= 0.3 is 23.9 Å². The van der Waals surface area contributed by atoms with E-state index in [1.165, 1.54) is 20.8 Å². The Hall–Kier alpha value is -2.94. The molecule has 0 aliphatic carbocycles. The molecule has 0 radical (unpaired) electrons. The summed E-state index contributed by atoms with van der Waals surface area (Å²) in [5, 5.41) is 0.